The number of rotatable bonds is 6. The SMILES string of the molecule is Cc1cc(C(=O)NS(=O)(=O)c2ccc(Br)s2)nc2c1nc(C)n2Cc1ccc(-c2ccc(Cl)s2)cc1Cl. The van der Waals surface area contributed by atoms with Gasteiger partial charge in [-0.05, 0) is 82.9 Å². The first-order valence-electron chi connectivity index (χ1n) is 10.7. The number of amides is 1. The highest BCUT2D eigenvalue weighted by Gasteiger charge is 2.23. The molecule has 1 aromatic carbocycles. The van der Waals surface area contributed by atoms with Crippen molar-refractivity contribution in [1.29, 1.82) is 0 Å². The Morgan fingerprint density at radius 2 is 1.84 bits per heavy atom. The van der Waals surface area contributed by atoms with Gasteiger partial charge in [-0.1, -0.05) is 35.3 Å². The van der Waals surface area contributed by atoms with Gasteiger partial charge in [-0.25, -0.2) is 23.1 Å². The maximum Gasteiger partial charge on any atom is 0.283 e. The van der Waals surface area contributed by atoms with E-state index >= 15 is 0 Å². The first-order chi connectivity index (χ1) is 17.5. The minimum atomic E-state index is -4.04. The minimum Gasteiger partial charge on any atom is -0.308 e. The number of carbonyl (C=O) groups is 1. The van der Waals surface area contributed by atoms with Crippen LogP contribution in [0, 0.1) is 13.8 Å². The average molecular weight is 656 g/mol. The Hall–Kier alpha value is -2.28. The van der Waals surface area contributed by atoms with Gasteiger partial charge >= 0.3 is 0 Å². The number of imidazole rings is 1. The molecule has 0 aliphatic rings. The summed E-state index contributed by atoms with van der Waals surface area (Å²) in [6.07, 6.45) is 0. The highest BCUT2D eigenvalue weighted by atomic mass is 79.9. The molecule has 1 N–H and O–H groups in total. The van der Waals surface area contributed by atoms with E-state index < -0.39 is 15.9 Å². The molecule has 0 aliphatic carbocycles. The van der Waals surface area contributed by atoms with Crippen LogP contribution in [-0.2, 0) is 16.6 Å². The van der Waals surface area contributed by atoms with E-state index in [1.165, 1.54) is 23.5 Å². The number of sulfonamides is 1. The molecule has 37 heavy (non-hydrogen) atoms. The molecule has 0 bridgehead atoms. The van der Waals surface area contributed by atoms with Gasteiger partial charge in [0.15, 0.2) is 5.65 Å². The first kappa shape index (κ1) is 26.3. The fraction of sp³-hybridized carbons (Fsp3) is 0.125. The standard InChI is InChI=1S/C24H17BrCl2N4O3S3/c1-12-9-17(24(32)30-37(33,34)21-8-6-19(25)36-21)29-23-22(12)28-13(2)31(23)11-15-4-3-14(10-16(15)26)18-5-7-20(27)35-18/h3-10H,11H2,1-2H3,(H,30,32). The zero-order valence-corrected chi connectivity index (χ0v) is 24.8. The molecular formula is C24H17BrCl2N4O3S3. The van der Waals surface area contributed by atoms with Gasteiger partial charge in [0.1, 0.15) is 21.2 Å². The van der Waals surface area contributed by atoms with Crippen molar-refractivity contribution in [3.8, 4) is 10.4 Å². The molecule has 0 unspecified atom stereocenters. The molecule has 1 amide bonds. The molecule has 0 saturated carbocycles. The van der Waals surface area contributed by atoms with E-state index in [0.29, 0.717) is 42.2 Å². The van der Waals surface area contributed by atoms with E-state index in [1.807, 2.05) is 41.8 Å². The van der Waals surface area contributed by atoms with Crippen molar-refractivity contribution in [2.45, 2.75) is 24.6 Å². The third-order valence-corrected chi connectivity index (χ3v) is 10.7. The summed E-state index contributed by atoms with van der Waals surface area (Å²) in [7, 11) is -4.04. The number of pyridine rings is 1. The van der Waals surface area contributed by atoms with Crippen molar-refractivity contribution in [3.05, 3.63) is 84.3 Å². The molecule has 0 radical (unpaired) electrons. The van der Waals surface area contributed by atoms with Crippen LogP contribution in [0.5, 0.6) is 0 Å². The Kier molecular flexibility index (Phi) is 7.20. The predicted octanol–water partition coefficient (Wildman–Crippen LogP) is 7.07. The van der Waals surface area contributed by atoms with Crippen LogP contribution in [0.15, 0.2) is 56.5 Å². The number of nitrogens with one attached hydrogen (secondary N) is 1. The van der Waals surface area contributed by atoms with Gasteiger partial charge in [0.25, 0.3) is 15.9 Å². The van der Waals surface area contributed by atoms with E-state index in [0.717, 1.165) is 27.3 Å². The Balaban J connectivity index is 1.48. The summed E-state index contributed by atoms with van der Waals surface area (Å²) in [4.78, 5) is 23.1. The summed E-state index contributed by atoms with van der Waals surface area (Å²) >= 11 is 18.4. The number of halogens is 3. The van der Waals surface area contributed by atoms with E-state index in [2.05, 4.69) is 30.6 Å². The first-order valence-corrected chi connectivity index (χ1v) is 15.4. The highest BCUT2D eigenvalue weighted by molar-refractivity contribution is 9.11. The van der Waals surface area contributed by atoms with E-state index in [1.54, 1.807) is 13.0 Å². The number of carbonyl (C=O) groups excluding carboxylic acids is 1. The second-order valence-electron chi connectivity index (χ2n) is 8.14. The van der Waals surface area contributed by atoms with Gasteiger partial charge in [0, 0.05) is 9.90 Å². The summed E-state index contributed by atoms with van der Waals surface area (Å²) in [5.74, 6) is -0.138. The molecular weight excluding hydrogens is 639 g/mol. The number of hydrogen-bond donors (Lipinski definition) is 1. The Labute approximate surface area is 239 Å². The quantitative estimate of drug-likeness (QED) is 0.211. The summed E-state index contributed by atoms with van der Waals surface area (Å²) in [5.41, 5.74) is 3.57. The number of hydrogen-bond acceptors (Lipinski definition) is 7. The van der Waals surface area contributed by atoms with Gasteiger partial charge in [-0.3, -0.25) is 4.79 Å². The number of aryl methyl sites for hydroxylation is 2. The Bertz CT molecular complexity index is 1790. The molecule has 4 aromatic heterocycles. The lowest BCUT2D eigenvalue weighted by Gasteiger charge is -2.11. The molecule has 4 heterocycles. The molecule has 5 rings (SSSR count). The fourth-order valence-electron chi connectivity index (χ4n) is 3.79. The lowest BCUT2D eigenvalue weighted by Crippen LogP contribution is -2.30. The maximum atomic E-state index is 12.9. The highest BCUT2D eigenvalue weighted by Crippen LogP contribution is 2.34. The number of thiophene rings is 2. The molecule has 0 fully saturated rings. The van der Waals surface area contributed by atoms with E-state index in [4.69, 9.17) is 23.2 Å². The minimum absolute atomic E-state index is 0.0225. The fourth-order valence-corrected chi connectivity index (χ4v) is 8.04. The van der Waals surface area contributed by atoms with Gasteiger partial charge in [-0.2, -0.15) is 0 Å². The van der Waals surface area contributed by atoms with Crippen molar-refractivity contribution in [2.24, 2.45) is 0 Å². The van der Waals surface area contributed by atoms with Crippen LogP contribution in [0.3, 0.4) is 0 Å². The number of nitrogens with zero attached hydrogens (tertiary/aromatic N) is 3. The smallest absolute Gasteiger partial charge is 0.283 e. The summed E-state index contributed by atoms with van der Waals surface area (Å²) in [6.45, 7) is 4.01. The molecule has 0 saturated heterocycles. The molecule has 7 nitrogen and oxygen atoms in total. The van der Waals surface area contributed by atoms with Crippen LogP contribution in [0.25, 0.3) is 21.6 Å². The van der Waals surface area contributed by atoms with Crippen LogP contribution >= 0.6 is 61.8 Å². The van der Waals surface area contributed by atoms with Gasteiger partial charge < -0.3 is 4.57 Å². The number of fused-ring (bicyclic) bond motifs is 1. The lowest BCUT2D eigenvalue weighted by molar-refractivity contribution is 0.0977. The monoisotopic (exact) mass is 654 g/mol. The maximum absolute atomic E-state index is 12.9. The van der Waals surface area contributed by atoms with Crippen LogP contribution in [0.1, 0.15) is 27.4 Å². The average Bonchev–Trinajstić information content (AvgIpc) is 3.55. The lowest BCUT2D eigenvalue weighted by atomic mass is 10.1. The van der Waals surface area contributed by atoms with Crippen molar-refractivity contribution >= 4 is 88.9 Å². The third-order valence-electron chi connectivity index (χ3n) is 5.60. The number of benzene rings is 1. The van der Waals surface area contributed by atoms with Crippen molar-refractivity contribution < 1.29 is 13.2 Å². The van der Waals surface area contributed by atoms with E-state index in [-0.39, 0.29) is 9.90 Å². The molecule has 0 aliphatic heterocycles. The van der Waals surface area contributed by atoms with Crippen LogP contribution < -0.4 is 4.72 Å². The van der Waals surface area contributed by atoms with Crippen molar-refractivity contribution in [1.82, 2.24) is 19.3 Å². The predicted molar refractivity (Wildman–Crippen MR) is 153 cm³/mol. The molecule has 13 heteroatoms. The second-order valence-corrected chi connectivity index (χ2v) is 14.6. The largest absolute Gasteiger partial charge is 0.308 e. The van der Waals surface area contributed by atoms with Gasteiger partial charge in [-0.15, -0.1) is 22.7 Å². The zero-order valence-electron chi connectivity index (χ0n) is 19.3. The summed E-state index contributed by atoms with van der Waals surface area (Å²) in [5, 5.41) is 0.571. The van der Waals surface area contributed by atoms with Crippen molar-refractivity contribution in [3.63, 3.8) is 0 Å². The normalized spacial score (nSPS) is 11.8. The second kappa shape index (κ2) is 10.1. The van der Waals surface area contributed by atoms with Crippen molar-refractivity contribution in [2.75, 3.05) is 0 Å². The summed E-state index contributed by atoms with van der Waals surface area (Å²) < 4.78 is 30.6. The molecule has 5 aromatic rings. The zero-order chi connectivity index (χ0) is 26.5. The Morgan fingerprint density at radius 3 is 2.49 bits per heavy atom. The number of aromatic nitrogens is 3. The molecule has 190 valence electrons. The Morgan fingerprint density at radius 1 is 1.05 bits per heavy atom. The van der Waals surface area contributed by atoms with E-state index in [9.17, 15) is 13.2 Å². The van der Waals surface area contributed by atoms with Crippen LogP contribution in [-0.4, -0.2) is 28.9 Å². The summed E-state index contributed by atoms with van der Waals surface area (Å²) in [6, 6.07) is 14.1. The van der Waals surface area contributed by atoms with Crippen LogP contribution in [0.2, 0.25) is 9.36 Å². The molecule has 0 spiro atoms. The third kappa shape index (κ3) is 5.34. The molecule has 0 atom stereocenters. The van der Waals surface area contributed by atoms with Gasteiger partial charge in [0.05, 0.1) is 14.7 Å². The van der Waals surface area contributed by atoms with Crippen LogP contribution in [0.4, 0.5) is 0 Å². The van der Waals surface area contributed by atoms with Gasteiger partial charge in [0.2, 0.25) is 0 Å². The topological polar surface area (TPSA) is 93.9 Å².